The molecule has 0 radical (unpaired) electrons. The maximum atomic E-state index is 12.9. The van der Waals surface area contributed by atoms with E-state index >= 15 is 0 Å². The molecule has 1 heterocycles. The van der Waals surface area contributed by atoms with E-state index in [1.54, 1.807) is 29.2 Å². The Morgan fingerprint density at radius 1 is 1.12 bits per heavy atom. The summed E-state index contributed by atoms with van der Waals surface area (Å²) in [6.07, 6.45) is 1.05. The molecule has 1 aliphatic rings. The average Bonchev–Trinajstić information content (AvgIpc) is 3.18. The van der Waals surface area contributed by atoms with Crippen LogP contribution in [0.5, 0.6) is 5.75 Å². The van der Waals surface area contributed by atoms with Crippen LogP contribution in [-0.4, -0.2) is 37.4 Å². The molecule has 3 rings (SSSR count). The second-order valence-corrected chi connectivity index (χ2v) is 8.39. The van der Waals surface area contributed by atoms with E-state index in [1.807, 2.05) is 45.0 Å². The van der Waals surface area contributed by atoms with E-state index < -0.39 is 5.92 Å². The van der Waals surface area contributed by atoms with E-state index in [0.29, 0.717) is 36.9 Å². The number of amides is 3. The molecule has 1 saturated heterocycles. The topological polar surface area (TPSA) is 87.7 Å². The maximum Gasteiger partial charge on any atom is 0.253 e. The van der Waals surface area contributed by atoms with Crippen LogP contribution in [0.15, 0.2) is 48.5 Å². The van der Waals surface area contributed by atoms with Crippen LogP contribution < -0.4 is 20.3 Å². The van der Waals surface area contributed by atoms with Crippen LogP contribution in [0, 0.1) is 11.8 Å². The minimum atomic E-state index is -0.495. The highest BCUT2D eigenvalue weighted by atomic mass is 16.5. The van der Waals surface area contributed by atoms with Gasteiger partial charge in [-0.05, 0) is 48.7 Å². The van der Waals surface area contributed by atoms with Gasteiger partial charge in [0.25, 0.3) is 5.91 Å². The molecular formula is C25H31N3O4. The van der Waals surface area contributed by atoms with Crippen molar-refractivity contribution in [3.8, 4) is 5.75 Å². The monoisotopic (exact) mass is 437 g/mol. The van der Waals surface area contributed by atoms with Crippen molar-refractivity contribution in [1.82, 2.24) is 5.32 Å². The Balaban J connectivity index is 1.65. The standard InChI is InChI=1S/C25H31N3O4/c1-4-13-32-20-11-9-19(10-12-20)28-16-18(14-23(28)29)24(30)27-22-8-6-5-7-21(22)25(31)26-15-17(2)3/h5-12,17-18H,4,13-16H2,1-3H3,(H,26,31)(H,27,30)/t18-/m1/s1. The van der Waals surface area contributed by atoms with Crippen LogP contribution in [0.25, 0.3) is 0 Å². The van der Waals surface area contributed by atoms with Crippen molar-refractivity contribution in [3.05, 3.63) is 54.1 Å². The Labute approximate surface area is 189 Å². The number of nitrogens with zero attached hydrogens (tertiary/aromatic N) is 1. The first-order chi connectivity index (χ1) is 15.4. The van der Waals surface area contributed by atoms with Gasteiger partial charge in [0.05, 0.1) is 23.8 Å². The number of para-hydroxylation sites is 1. The van der Waals surface area contributed by atoms with Crippen LogP contribution in [0.4, 0.5) is 11.4 Å². The van der Waals surface area contributed by atoms with Crippen molar-refractivity contribution < 1.29 is 19.1 Å². The number of nitrogens with one attached hydrogen (secondary N) is 2. The highest BCUT2D eigenvalue weighted by molar-refractivity contribution is 6.07. The summed E-state index contributed by atoms with van der Waals surface area (Å²) < 4.78 is 5.59. The zero-order valence-electron chi connectivity index (χ0n) is 18.9. The van der Waals surface area contributed by atoms with Crippen molar-refractivity contribution in [1.29, 1.82) is 0 Å². The van der Waals surface area contributed by atoms with Gasteiger partial charge in [0, 0.05) is 25.2 Å². The van der Waals surface area contributed by atoms with Gasteiger partial charge in [-0.2, -0.15) is 0 Å². The van der Waals surface area contributed by atoms with Gasteiger partial charge in [-0.15, -0.1) is 0 Å². The van der Waals surface area contributed by atoms with E-state index in [0.717, 1.165) is 17.9 Å². The van der Waals surface area contributed by atoms with Gasteiger partial charge in [-0.1, -0.05) is 32.9 Å². The lowest BCUT2D eigenvalue weighted by Gasteiger charge is -2.18. The first kappa shape index (κ1) is 23.3. The van der Waals surface area contributed by atoms with Crippen molar-refractivity contribution in [2.75, 3.05) is 29.9 Å². The number of carbonyl (C=O) groups excluding carboxylic acids is 3. The van der Waals surface area contributed by atoms with E-state index in [2.05, 4.69) is 10.6 Å². The summed E-state index contributed by atoms with van der Waals surface area (Å²) >= 11 is 0. The number of benzene rings is 2. The van der Waals surface area contributed by atoms with Gasteiger partial charge < -0.3 is 20.3 Å². The average molecular weight is 438 g/mol. The molecule has 0 aromatic heterocycles. The van der Waals surface area contributed by atoms with Gasteiger partial charge in [0.15, 0.2) is 0 Å². The summed E-state index contributed by atoms with van der Waals surface area (Å²) in [5.74, 6) is -0.0232. The Hall–Kier alpha value is -3.35. The van der Waals surface area contributed by atoms with Crippen LogP contribution >= 0.6 is 0 Å². The lowest BCUT2D eigenvalue weighted by molar-refractivity contribution is -0.122. The molecule has 0 bridgehead atoms. The molecule has 0 unspecified atom stereocenters. The van der Waals surface area contributed by atoms with Crippen molar-refractivity contribution in [2.45, 2.75) is 33.6 Å². The summed E-state index contributed by atoms with van der Waals surface area (Å²) in [7, 11) is 0. The fourth-order valence-corrected chi connectivity index (χ4v) is 3.49. The number of rotatable bonds is 9. The first-order valence-corrected chi connectivity index (χ1v) is 11.1. The second-order valence-electron chi connectivity index (χ2n) is 8.39. The molecule has 32 heavy (non-hydrogen) atoms. The van der Waals surface area contributed by atoms with Crippen LogP contribution in [0.3, 0.4) is 0 Å². The predicted octanol–water partition coefficient (Wildman–Crippen LogP) is 3.85. The molecule has 170 valence electrons. The van der Waals surface area contributed by atoms with Gasteiger partial charge in [0.2, 0.25) is 11.8 Å². The van der Waals surface area contributed by atoms with Gasteiger partial charge >= 0.3 is 0 Å². The molecule has 2 aromatic rings. The summed E-state index contributed by atoms with van der Waals surface area (Å²) in [4.78, 5) is 39.6. The van der Waals surface area contributed by atoms with E-state index in [9.17, 15) is 14.4 Å². The van der Waals surface area contributed by atoms with Crippen molar-refractivity contribution in [3.63, 3.8) is 0 Å². The Bertz CT molecular complexity index is 956. The fourth-order valence-electron chi connectivity index (χ4n) is 3.49. The minimum Gasteiger partial charge on any atom is -0.494 e. The van der Waals surface area contributed by atoms with Crippen LogP contribution in [0.2, 0.25) is 0 Å². The summed E-state index contributed by atoms with van der Waals surface area (Å²) in [6.45, 7) is 7.56. The van der Waals surface area contributed by atoms with Crippen LogP contribution in [0.1, 0.15) is 44.0 Å². The number of anilines is 2. The summed E-state index contributed by atoms with van der Waals surface area (Å²) in [5.41, 5.74) is 1.59. The highest BCUT2D eigenvalue weighted by Gasteiger charge is 2.35. The zero-order valence-corrected chi connectivity index (χ0v) is 18.9. The zero-order chi connectivity index (χ0) is 23.1. The molecular weight excluding hydrogens is 406 g/mol. The molecule has 2 N–H and O–H groups in total. The molecule has 0 spiro atoms. The predicted molar refractivity (Wildman–Crippen MR) is 125 cm³/mol. The third kappa shape index (κ3) is 5.87. The largest absolute Gasteiger partial charge is 0.494 e. The molecule has 0 saturated carbocycles. The second kappa shape index (κ2) is 10.8. The fraction of sp³-hybridized carbons (Fsp3) is 0.400. The van der Waals surface area contributed by atoms with E-state index in [4.69, 9.17) is 4.74 Å². The van der Waals surface area contributed by atoms with Gasteiger partial charge in [0.1, 0.15) is 5.75 Å². The number of ether oxygens (including phenoxy) is 1. The Morgan fingerprint density at radius 3 is 2.53 bits per heavy atom. The maximum absolute atomic E-state index is 12.9. The van der Waals surface area contributed by atoms with Crippen molar-refractivity contribution >= 4 is 29.1 Å². The first-order valence-electron chi connectivity index (χ1n) is 11.1. The molecule has 1 aliphatic heterocycles. The quantitative estimate of drug-likeness (QED) is 0.624. The summed E-state index contributed by atoms with van der Waals surface area (Å²) in [6, 6.07) is 14.2. The Kier molecular flexibility index (Phi) is 7.87. The smallest absolute Gasteiger partial charge is 0.253 e. The number of carbonyl (C=O) groups is 3. The van der Waals surface area contributed by atoms with E-state index in [-0.39, 0.29) is 24.1 Å². The SMILES string of the molecule is CCCOc1ccc(N2C[C@H](C(=O)Nc3ccccc3C(=O)NCC(C)C)CC2=O)cc1. The third-order valence-corrected chi connectivity index (χ3v) is 5.22. The normalized spacial score (nSPS) is 15.7. The number of hydrogen-bond acceptors (Lipinski definition) is 4. The minimum absolute atomic E-state index is 0.102. The molecule has 1 fully saturated rings. The lowest BCUT2D eigenvalue weighted by atomic mass is 10.1. The molecule has 2 aromatic carbocycles. The van der Waals surface area contributed by atoms with Crippen LogP contribution in [-0.2, 0) is 9.59 Å². The molecule has 7 heteroatoms. The molecule has 1 atom stereocenters. The molecule has 3 amide bonds. The molecule has 7 nitrogen and oxygen atoms in total. The number of hydrogen-bond donors (Lipinski definition) is 2. The highest BCUT2D eigenvalue weighted by Crippen LogP contribution is 2.28. The third-order valence-electron chi connectivity index (χ3n) is 5.22. The van der Waals surface area contributed by atoms with Gasteiger partial charge in [-0.3, -0.25) is 14.4 Å². The van der Waals surface area contributed by atoms with Crippen molar-refractivity contribution in [2.24, 2.45) is 11.8 Å². The van der Waals surface area contributed by atoms with E-state index in [1.165, 1.54) is 0 Å². The lowest BCUT2D eigenvalue weighted by Crippen LogP contribution is -2.30. The summed E-state index contributed by atoms with van der Waals surface area (Å²) in [5, 5.41) is 5.72. The Morgan fingerprint density at radius 2 is 1.84 bits per heavy atom. The molecule has 0 aliphatic carbocycles. The van der Waals surface area contributed by atoms with Gasteiger partial charge in [-0.25, -0.2) is 0 Å².